The Morgan fingerprint density at radius 1 is 1.47 bits per heavy atom. The Balaban J connectivity index is 1.83. The van der Waals surface area contributed by atoms with Gasteiger partial charge in [-0.05, 0) is 44.6 Å². The minimum Gasteiger partial charge on any atom is -0.494 e. The van der Waals surface area contributed by atoms with Crippen LogP contribution in [0.15, 0.2) is 24.3 Å². The van der Waals surface area contributed by atoms with Crippen molar-refractivity contribution in [3.63, 3.8) is 0 Å². The number of benzene rings is 1. The number of nitrogens with zero attached hydrogens (tertiary/aromatic N) is 1. The monoisotopic (exact) mass is 234 g/mol. The van der Waals surface area contributed by atoms with Crippen molar-refractivity contribution in [1.29, 1.82) is 0 Å². The quantitative estimate of drug-likeness (QED) is 0.842. The highest BCUT2D eigenvalue weighted by molar-refractivity contribution is 5.28. The first-order valence-corrected chi connectivity index (χ1v) is 6.41. The molecule has 1 fully saturated rings. The summed E-state index contributed by atoms with van der Waals surface area (Å²) in [6.07, 6.45) is 1.25. The Labute approximate surface area is 104 Å². The smallest absolute Gasteiger partial charge is 0.119 e. The van der Waals surface area contributed by atoms with Gasteiger partial charge in [0.15, 0.2) is 0 Å². The number of hydrogen-bond donors (Lipinski definition) is 1. The number of likely N-dealkylation sites (tertiary alicyclic amines) is 1. The molecule has 1 aliphatic rings. The van der Waals surface area contributed by atoms with Crippen LogP contribution in [0.5, 0.6) is 5.75 Å². The van der Waals surface area contributed by atoms with Crippen molar-refractivity contribution < 1.29 is 4.74 Å². The summed E-state index contributed by atoms with van der Waals surface area (Å²) in [6, 6.07) is 8.97. The van der Waals surface area contributed by atoms with E-state index in [4.69, 9.17) is 4.74 Å². The lowest BCUT2D eigenvalue weighted by atomic mass is 10.2. The summed E-state index contributed by atoms with van der Waals surface area (Å²) in [6.45, 7) is 6.03. The largest absolute Gasteiger partial charge is 0.494 e. The van der Waals surface area contributed by atoms with Crippen molar-refractivity contribution in [1.82, 2.24) is 10.2 Å². The minimum atomic E-state index is 0.635. The molecule has 1 atom stereocenters. The van der Waals surface area contributed by atoms with Crippen LogP contribution in [0.4, 0.5) is 0 Å². The standard InChI is InChI=1S/C14H22N2O/c1-3-17-14-6-4-5-12(9-14)10-15-13-7-8-16(2)11-13/h4-6,9,13,15H,3,7-8,10-11H2,1-2H3. The molecule has 1 N–H and O–H groups in total. The lowest BCUT2D eigenvalue weighted by molar-refractivity contribution is 0.339. The predicted molar refractivity (Wildman–Crippen MR) is 70.4 cm³/mol. The van der Waals surface area contributed by atoms with Crippen LogP contribution in [0, 0.1) is 0 Å². The highest BCUT2D eigenvalue weighted by Gasteiger charge is 2.18. The molecule has 1 aromatic rings. The average molecular weight is 234 g/mol. The van der Waals surface area contributed by atoms with E-state index in [2.05, 4.69) is 35.5 Å². The van der Waals surface area contributed by atoms with Gasteiger partial charge in [-0.15, -0.1) is 0 Å². The van der Waals surface area contributed by atoms with Gasteiger partial charge in [-0.25, -0.2) is 0 Å². The SMILES string of the molecule is CCOc1cccc(CNC2CCN(C)C2)c1. The molecular weight excluding hydrogens is 212 g/mol. The van der Waals surface area contributed by atoms with Crippen LogP contribution in [0.25, 0.3) is 0 Å². The minimum absolute atomic E-state index is 0.635. The van der Waals surface area contributed by atoms with Crippen molar-refractivity contribution in [2.24, 2.45) is 0 Å². The zero-order chi connectivity index (χ0) is 12.1. The number of ether oxygens (including phenoxy) is 1. The number of rotatable bonds is 5. The highest BCUT2D eigenvalue weighted by Crippen LogP contribution is 2.14. The molecule has 0 aliphatic carbocycles. The predicted octanol–water partition coefficient (Wildman–Crippen LogP) is 1.88. The molecule has 2 rings (SSSR count). The topological polar surface area (TPSA) is 24.5 Å². The summed E-state index contributed by atoms with van der Waals surface area (Å²) in [4.78, 5) is 2.37. The number of nitrogens with one attached hydrogen (secondary N) is 1. The summed E-state index contributed by atoms with van der Waals surface area (Å²) in [5, 5.41) is 3.60. The van der Waals surface area contributed by atoms with E-state index >= 15 is 0 Å². The fourth-order valence-corrected chi connectivity index (χ4v) is 2.28. The van der Waals surface area contributed by atoms with Crippen LogP contribution in [-0.2, 0) is 6.54 Å². The molecule has 0 saturated carbocycles. The summed E-state index contributed by atoms with van der Waals surface area (Å²) < 4.78 is 5.50. The third-order valence-corrected chi connectivity index (χ3v) is 3.20. The van der Waals surface area contributed by atoms with Gasteiger partial charge in [0.1, 0.15) is 5.75 Å². The van der Waals surface area contributed by atoms with Gasteiger partial charge >= 0.3 is 0 Å². The molecule has 3 heteroatoms. The molecule has 1 heterocycles. The summed E-state index contributed by atoms with van der Waals surface area (Å²) in [5.74, 6) is 0.968. The second kappa shape index (κ2) is 6.03. The van der Waals surface area contributed by atoms with Crippen molar-refractivity contribution in [2.45, 2.75) is 25.9 Å². The van der Waals surface area contributed by atoms with E-state index in [1.807, 2.05) is 13.0 Å². The van der Waals surface area contributed by atoms with Gasteiger partial charge in [0.25, 0.3) is 0 Å². The third kappa shape index (κ3) is 3.72. The lowest BCUT2D eigenvalue weighted by Crippen LogP contribution is -2.30. The van der Waals surface area contributed by atoms with Crippen molar-refractivity contribution >= 4 is 0 Å². The molecule has 1 unspecified atom stereocenters. The first-order valence-electron chi connectivity index (χ1n) is 6.41. The van der Waals surface area contributed by atoms with E-state index in [0.29, 0.717) is 6.04 Å². The second-order valence-corrected chi connectivity index (χ2v) is 4.71. The molecule has 1 saturated heterocycles. The van der Waals surface area contributed by atoms with E-state index < -0.39 is 0 Å². The fourth-order valence-electron chi connectivity index (χ4n) is 2.28. The molecular formula is C14H22N2O. The van der Waals surface area contributed by atoms with E-state index in [1.54, 1.807) is 0 Å². The van der Waals surface area contributed by atoms with Crippen molar-refractivity contribution in [2.75, 3.05) is 26.7 Å². The molecule has 0 radical (unpaired) electrons. The molecule has 17 heavy (non-hydrogen) atoms. The normalized spacial score (nSPS) is 20.7. The Bertz CT molecular complexity index is 354. The number of hydrogen-bond acceptors (Lipinski definition) is 3. The number of likely N-dealkylation sites (N-methyl/N-ethyl adjacent to an activating group) is 1. The molecule has 0 amide bonds. The molecule has 94 valence electrons. The van der Waals surface area contributed by atoms with Crippen LogP contribution >= 0.6 is 0 Å². The summed E-state index contributed by atoms with van der Waals surface area (Å²) >= 11 is 0. The van der Waals surface area contributed by atoms with Crippen molar-refractivity contribution in [3.05, 3.63) is 29.8 Å². The first-order chi connectivity index (χ1) is 8.28. The maximum atomic E-state index is 5.50. The molecule has 0 spiro atoms. The van der Waals surface area contributed by atoms with Crippen molar-refractivity contribution in [3.8, 4) is 5.75 Å². The molecule has 0 bridgehead atoms. The summed E-state index contributed by atoms with van der Waals surface area (Å²) in [5.41, 5.74) is 1.30. The van der Waals surface area contributed by atoms with Crippen LogP contribution in [0.2, 0.25) is 0 Å². The van der Waals surface area contributed by atoms with Gasteiger partial charge in [0.2, 0.25) is 0 Å². The van der Waals surface area contributed by atoms with E-state index in [-0.39, 0.29) is 0 Å². The fraction of sp³-hybridized carbons (Fsp3) is 0.571. The molecule has 0 aromatic heterocycles. The van der Waals surface area contributed by atoms with Crippen LogP contribution in [0.1, 0.15) is 18.9 Å². The third-order valence-electron chi connectivity index (χ3n) is 3.20. The van der Waals surface area contributed by atoms with Gasteiger partial charge in [0, 0.05) is 19.1 Å². The van der Waals surface area contributed by atoms with Gasteiger partial charge in [-0.1, -0.05) is 12.1 Å². The Morgan fingerprint density at radius 3 is 3.06 bits per heavy atom. The Morgan fingerprint density at radius 2 is 2.35 bits per heavy atom. The maximum Gasteiger partial charge on any atom is 0.119 e. The Kier molecular flexibility index (Phi) is 4.40. The Hall–Kier alpha value is -1.06. The summed E-state index contributed by atoms with van der Waals surface area (Å²) in [7, 11) is 2.18. The lowest BCUT2D eigenvalue weighted by Gasteiger charge is -2.13. The van der Waals surface area contributed by atoms with E-state index in [0.717, 1.165) is 25.4 Å². The molecule has 1 aromatic carbocycles. The second-order valence-electron chi connectivity index (χ2n) is 4.71. The van der Waals surface area contributed by atoms with Gasteiger partial charge in [-0.3, -0.25) is 0 Å². The van der Waals surface area contributed by atoms with Gasteiger partial charge in [-0.2, -0.15) is 0 Å². The zero-order valence-electron chi connectivity index (χ0n) is 10.8. The van der Waals surface area contributed by atoms with Crippen LogP contribution in [-0.4, -0.2) is 37.7 Å². The van der Waals surface area contributed by atoms with E-state index in [9.17, 15) is 0 Å². The average Bonchev–Trinajstić information content (AvgIpc) is 2.74. The first kappa shape index (κ1) is 12.4. The highest BCUT2D eigenvalue weighted by atomic mass is 16.5. The molecule has 1 aliphatic heterocycles. The van der Waals surface area contributed by atoms with Crippen LogP contribution < -0.4 is 10.1 Å². The van der Waals surface area contributed by atoms with Crippen LogP contribution in [0.3, 0.4) is 0 Å². The van der Waals surface area contributed by atoms with E-state index in [1.165, 1.54) is 18.5 Å². The molecule has 3 nitrogen and oxygen atoms in total. The zero-order valence-corrected chi connectivity index (χ0v) is 10.8. The van der Waals surface area contributed by atoms with Gasteiger partial charge in [0.05, 0.1) is 6.61 Å². The van der Waals surface area contributed by atoms with Gasteiger partial charge < -0.3 is 15.0 Å². The maximum absolute atomic E-state index is 5.50.